The van der Waals surface area contributed by atoms with Gasteiger partial charge in [0.1, 0.15) is 10.5 Å². The normalized spacial score (nSPS) is 10.7. The van der Waals surface area contributed by atoms with E-state index in [9.17, 15) is 14.5 Å². The lowest BCUT2D eigenvalue weighted by Crippen LogP contribution is -1.88. The van der Waals surface area contributed by atoms with Gasteiger partial charge in [-0.1, -0.05) is 11.6 Å². The zero-order valence-corrected chi connectivity index (χ0v) is 8.23. The standard InChI is InChI=1S/C8H3ClFNO2S/c9-4-3-14-8-6(11(12)13)2-1-5(10)7(4)8/h1-3H. The van der Waals surface area contributed by atoms with E-state index in [1.165, 1.54) is 5.38 Å². The molecule has 72 valence electrons. The number of rotatable bonds is 1. The van der Waals surface area contributed by atoms with Crippen molar-refractivity contribution in [3.8, 4) is 0 Å². The predicted octanol–water partition coefficient (Wildman–Crippen LogP) is 3.60. The number of thiophene rings is 1. The van der Waals surface area contributed by atoms with Crippen molar-refractivity contribution < 1.29 is 9.31 Å². The van der Waals surface area contributed by atoms with Crippen molar-refractivity contribution in [3.63, 3.8) is 0 Å². The van der Waals surface area contributed by atoms with Crippen molar-refractivity contribution in [2.75, 3.05) is 0 Å². The summed E-state index contributed by atoms with van der Waals surface area (Å²) in [6, 6.07) is 2.20. The fraction of sp³-hybridized carbons (Fsp3) is 0. The molecule has 0 radical (unpaired) electrons. The van der Waals surface area contributed by atoms with Crippen LogP contribution in [0.4, 0.5) is 10.1 Å². The molecule has 0 amide bonds. The van der Waals surface area contributed by atoms with Gasteiger partial charge in [-0.2, -0.15) is 0 Å². The minimum absolute atomic E-state index is 0.113. The fourth-order valence-corrected chi connectivity index (χ4v) is 2.51. The van der Waals surface area contributed by atoms with Crippen LogP contribution in [0.25, 0.3) is 10.1 Å². The number of non-ortho nitro benzene ring substituents is 1. The van der Waals surface area contributed by atoms with Crippen LogP contribution in [-0.2, 0) is 0 Å². The van der Waals surface area contributed by atoms with Gasteiger partial charge in [-0.15, -0.1) is 11.3 Å². The van der Waals surface area contributed by atoms with Crippen molar-refractivity contribution in [1.82, 2.24) is 0 Å². The molecule has 0 fully saturated rings. The monoisotopic (exact) mass is 231 g/mol. The quantitative estimate of drug-likeness (QED) is 0.556. The number of nitro benzene ring substituents is 1. The van der Waals surface area contributed by atoms with Gasteiger partial charge in [0.15, 0.2) is 0 Å². The van der Waals surface area contributed by atoms with E-state index in [1.807, 2.05) is 0 Å². The van der Waals surface area contributed by atoms with Gasteiger partial charge in [-0.3, -0.25) is 10.1 Å². The van der Waals surface area contributed by atoms with E-state index >= 15 is 0 Å². The minimum Gasteiger partial charge on any atom is -0.258 e. The molecular weight excluding hydrogens is 229 g/mol. The van der Waals surface area contributed by atoms with Crippen LogP contribution in [0.1, 0.15) is 0 Å². The number of benzene rings is 1. The van der Waals surface area contributed by atoms with Crippen LogP contribution >= 0.6 is 22.9 Å². The molecule has 0 aliphatic rings. The number of nitrogens with zero attached hydrogens (tertiary/aromatic N) is 1. The molecule has 0 saturated heterocycles. The summed E-state index contributed by atoms with van der Waals surface area (Å²) in [4.78, 5) is 10.0. The molecule has 14 heavy (non-hydrogen) atoms. The van der Waals surface area contributed by atoms with Crippen molar-refractivity contribution in [2.24, 2.45) is 0 Å². The Morgan fingerprint density at radius 3 is 2.86 bits per heavy atom. The van der Waals surface area contributed by atoms with Gasteiger partial charge in [0, 0.05) is 11.4 Å². The summed E-state index contributed by atoms with van der Waals surface area (Å²) in [5, 5.41) is 12.4. The van der Waals surface area contributed by atoms with Gasteiger partial charge in [-0.05, 0) is 6.07 Å². The lowest BCUT2D eigenvalue weighted by atomic mass is 10.2. The van der Waals surface area contributed by atoms with Crippen molar-refractivity contribution in [1.29, 1.82) is 0 Å². The molecule has 0 aliphatic carbocycles. The molecule has 0 unspecified atom stereocenters. The molecule has 1 heterocycles. The summed E-state index contributed by atoms with van der Waals surface area (Å²) >= 11 is 6.77. The van der Waals surface area contributed by atoms with E-state index in [0.29, 0.717) is 0 Å². The van der Waals surface area contributed by atoms with Crippen LogP contribution < -0.4 is 0 Å². The summed E-state index contributed by atoms with van der Waals surface area (Å²) in [5.41, 5.74) is -0.113. The molecule has 1 aromatic heterocycles. The second-order valence-electron chi connectivity index (χ2n) is 2.61. The van der Waals surface area contributed by atoms with Gasteiger partial charge >= 0.3 is 0 Å². The third-order valence-electron chi connectivity index (χ3n) is 1.80. The Morgan fingerprint density at radius 2 is 2.21 bits per heavy atom. The third-order valence-corrected chi connectivity index (χ3v) is 3.23. The largest absolute Gasteiger partial charge is 0.287 e. The van der Waals surface area contributed by atoms with Crippen LogP contribution in [0.2, 0.25) is 5.02 Å². The van der Waals surface area contributed by atoms with Gasteiger partial charge in [0.2, 0.25) is 0 Å². The van der Waals surface area contributed by atoms with Crippen LogP contribution in [-0.4, -0.2) is 4.92 Å². The average Bonchev–Trinajstić information content (AvgIpc) is 2.49. The first kappa shape index (κ1) is 9.36. The SMILES string of the molecule is O=[N+]([O-])c1ccc(F)c2c(Cl)csc12. The molecule has 0 aliphatic heterocycles. The van der Waals surface area contributed by atoms with Crippen LogP contribution in [0.5, 0.6) is 0 Å². The molecule has 6 heteroatoms. The first-order chi connectivity index (χ1) is 6.61. The van der Waals surface area contributed by atoms with E-state index in [2.05, 4.69) is 0 Å². The molecule has 0 saturated carbocycles. The summed E-state index contributed by atoms with van der Waals surface area (Å²) in [5.74, 6) is -0.531. The second-order valence-corrected chi connectivity index (χ2v) is 3.90. The first-order valence-electron chi connectivity index (χ1n) is 3.61. The Bertz CT molecular complexity index is 525. The predicted molar refractivity (Wildman–Crippen MR) is 53.4 cm³/mol. The lowest BCUT2D eigenvalue weighted by molar-refractivity contribution is -0.382. The van der Waals surface area contributed by atoms with Crippen molar-refractivity contribution in [3.05, 3.63) is 38.5 Å². The highest BCUT2D eigenvalue weighted by molar-refractivity contribution is 7.18. The third kappa shape index (κ3) is 1.25. The lowest BCUT2D eigenvalue weighted by Gasteiger charge is -1.95. The topological polar surface area (TPSA) is 43.1 Å². The Balaban J connectivity index is 2.90. The summed E-state index contributed by atoms with van der Waals surface area (Å²) in [7, 11) is 0. The van der Waals surface area contributed by atoms with Crippen molar-refractivity contribution >= 4 is 38.7 Å². The Hall–Kier alpha value is -1.20. The summed E-state index contributed by atoms with van der Waals surface area (Å²) < 4.78 is 13.5. The number of hydrogen-bond acceptors (Lipinski definition) is 3. The van der Waals surface area contributed by atoms with Gasteiger partial charge in [0.25, 0.3) is 5.69 Å². The molecule has 0 spiro atoms. The fourth-order valence-electron chi connectivity index (χ4n) is 1.20. The van der Waals surface area contributed by atoms with E-state index in [4.69, 9.17) is 11.6 Å². The number of halogens is 2. The van der Waals surface area contributed by atoms with Crippen LogP contribution in [0.3, 0.4) is 0 Å². The van der Waals surface area contributed by atoms with E-state index in [1.54, 1.807) is 0 Å². The van der Waals surface area contributed by atoms with E-state index in [-0.39, 0.29) is 20.8 Å². The van der Waals surface area contributed by atoms with Gasteiger partial charge in [0.05, 0.1) is 15.3 Å². The van der Waals surface area contributed by atoms with Crippen LogP contribution in [0.15, 0.2) is 17.5 Å². The van der Waals surface area contributed by atoms with E-state index < -0.39 is 10.7 Å². The Kier molecular flexibility index (Phi) is 2.13. The van der Waals surface area contributed by atoms with Gasteiger partial charge in [-0.25, -0.2) is 4.39 Å². The van der Waals surface area contributed by atoms with Gasteiger partial charge < -0.3 is 0 Å². The number of fused-ring (bicyclic) bond motifs is 1. The molecule has 0 atom stereocenters. The summed E-state index contributed by atoms with van der Waals surface area (Å²) in [6.07, 6.45) is 0. The zero-order valence-electron chi connectivity index (χ0n) is 6.66. The Labute approximate surface area is 86.9 Å². The molecule has 2 rings (SSSR count). The van der Waals surface area contributed by atoms with Crippen molar-refractivity contribution in [2.45, 2.75) is 0 Å². The maximum atomic E-state index is 13.2. The highest BCUT2D eigenvalue weighted by atomic mass is 35.5. The summed E-state index contributed by atoms with van der Waals surface area (Å²) in [6.45, 7) is 0. The molecule has 2 aromatic rings. The molecule has 3 nitrogen and oxygen atoms in total. The highest BCUT2D eigenvalue weighted by Gasteiger charge is 2.18. The second kappa shape index (κ2) is 3.18. The molecule has 1 aromatic carbocycles. The number of nitro groups is 1. The highest BCUT2D eigenvalue weighted by Crippen LogP contribution is 2.37. The first-order valence-corrected chi connectivity index (χ1v) is 4.86. The Morgan fingerprint density at radius 1 is 1.50 bits per heavy atom. The molecule has 0 N–H and O–H groups in total. The number of hydrogen-bond donors (Lipinski definition) is 0. The maximum Gasteiger partial charge on any atom is 0.287 e. The minimum atomic E-state index is -0.547. The van der Waals surface area contributed by atoms with Crippen LogP contribution in [0, 0.1) is 15.9 Å². The smallest absolute Gasteiger partial charge is 0.258 e. The van der Waals surface area contributed by atoms with E-state index in [0.717, 1.165) is 23.5 Å². The zero-order chi connectivity index (χ0) is 10.3. The average molecular weight is 232 g/mol. The molecule has 0 bridgehead atoms. The molecular formula is C8H3ClFNO2S. The maximum absolute atomic E-state index is 13.2.